The first-order valence-electron chi connectivity index (χ1n) is 6.58. The molecular weight excluding hydrogens is 307 g/mol. The zero-order valence-electron chi connectivity index (χ0n) is 11.9. The van der Waals surface area contributed by atoms with E-state index < -0.39 is 0 Å². The van der Waals surface area contributed by atoms with Crippen LogP contribution in [0, 0.1) is 5.82 Å². The number of benzene rings is 1. The van der Waals surface area contributed by atoms with Crippen molar-refractivity contribution in [2.45, 2.75) is 26.2 Å². The normalized spacial score (nSPS) is 12.0. The van der Waals surface area contributed by atoms with Gasteiger partial charge >= 0.3 is 0 Å². The van der Waals surface area contributed by atoms with E-state index in [0.29, 0.717) is 10.7 Å². The summed E-state index contributed by atoms with van der Waals surface area (Å²) in [6.45, 7) is 5.97. The highest BCUT2D eigenvalue weighted by Crippen LogP contribution is 2.35. The molecule has 0 bridgehead atoms. The summed E-state index contributed by atoms with van der Waals surface area (Å²) in [4.78, 5) is 0. The Hall–Kier alpha value is -1.52. The molecule has 2 aromatic heterocycles. The van der Waals surface area contributed by atoms with Gasteiger partial charge in [-0.25, -0.2) is 4.39 Å². The molecule has 3 aromatic rings. The number of halogens is 2. The molecule has 0 fully saturated rings. The highest BCUT2D eigenvalue weighted by atomic mass is 35.5. The van der Waals surface area contributed by atoms with Crippen LogP contribution in [0.3, 0.4) is 0 Å². The largest absolute Gasteiger partial charge is 0.207 e. The Morgan fingerprint density at radius 1 is 1.14 bits per heavy atom. The van der Waals surface area contributed by atoms with E-state index in [-0.39, 0.29) is 11.2 Å². The van der Waals surface area contributed by atoms with Gasteiger partial charge in [0.1, 0.15) is 11.5 Å². The molecule has 0 aliphatic rings. The fraction of sp³-hybridized carbons (Fsp3) is 0.250. The molecule has 0 radical (unpaired) electrons. The van der Waals surface area contributed by atoms with Crippen LogP contribution in [-0.4, -0.2) is 10.2 Å². The van der Waals surface area contributed by atoms with Crippen molar-refractivity contribution >= 4 is 33.0 Å². The molecule has 0 saturated carbocycles. The Balaban J connectivity index is 2.24. The summed E-state index contributed by atoms with van der Waals surface area (Å²) in [7, 11) is 0. The highest BCUT2D eigenvalue weighted by molar-refractivity contribution is 7.17. The van der Waals surface area contributed by atoms with Crippen LogP contribution >= 0.6 is 22.9 Å². The molecule has 0 spiro atoms. The second kappa shape index (κ2) is 5.04. The van der Waals surface area contributed by atoms with E-state index in [0.717, 1.165) is 21.3 Å². The first-order valence-corrected chi connectivity index (χ1v) is 7.83. The summed E-state index contributed by atoms with van der Waals surface area (Å²) in [6, 6.07) is 7.01. The molecule has 5 heteroatoms. The van der Waals surface area contributed by atoms with Crippen LogP contribution in [0.4, 0.5) is 4.39 Å². The Labute approximate surface area is 131 Å². The SMILES string of the molecule is CC(C)(C)c1cc(-c2nnc(Cl)c3ccsc23)ccc1F. The van der Waals surface area contributed by atoms with Gasteiger partial charge < -0.3 is 0 Å². The Kier molecular flexibility index (Phi) is 3.46. The van der Waals surface area contributed by atoms with Gasteiger partial charge in [0, 0.05) is 10.9 Å². The maximum Gasteiger partial charge on any atom is 0.160 e. The summed E-state index contributed by atoms with van der Waals surface area (Å²) in [5.41, 5.74) is 2.00. The van der Waals surface area contributed by atoms with Gasteiger partial charge in [0.2, 0.25) is 0 Å². The fourth-order valence-electron chi connectivity index (χ4n) is 2.28. The van der Waals surface area contributed by atoms with E-state index in [9.17, 15) is 4.39 Å². The second-order valence-electron chi connectivity index (χ2n) is 5.95. The van der Waals surface area contributed by atoms with Gasteiger partial charge in [-0.1, -0.05) is 32.4 Å². The van der Waals surface area contributed by atoms with Gasteiger partial charge in [-0.05, 0) is 40.6 Å². The molecule has 0 N–H and O–H groups in total. The molecule has 1 aromatic carbocycles. The average molecular weight is 321 g/mol. The molecule has 0 unspecified atom stereocenters. The molecule has 0 amide bonds. The minimum absolute atomic E-state index is 0.199. The quantitative estimate of drug-likeness (QED) is 0.596. The monoisotopic (exact) mass is 320 g/mol. The van der Waals surface area contributed by atoms with Crippen molar-refractivity contribution in [3.63, 3.8) is 0 Å². The summed E-state index contributed by atoms with van der Waals surface area (Å²) in [5, 5.41) is 11.4. The van der Waals surface area contributed by atoms with Crippen LogP contribution < -0.4 is 0 Å². The third kappa shape index (κ3) is 2.54. The Morgan fingerprint density at radius 3 is 2.62 bits per heavy atom. The lowest BCUT2D eigenvalue weighted by atomic mass is 9.85. The summed E-state index contributed by atoms with van der Waals surface area (Å²) in [5.74, 6) is -0.199. The number of thiophene rings is 1. The lowest BCUT2D eigenvalue weighted by Crippen LogP contribution is -2.13. The molecule has 0 atom stereocenters. The van der Waals surface area contributed by atoms with Crippen molar-refractivity contribution in [3.05, 3.63) is 46.2 Å². The van der Waals surface area contributed by atoms with Gasteiger partial charge in [0.05, 0.1) is 4.70 Å². The average Bonchev–Trinajstić information content (AvgIpc) is 2.89. The van der Waals surface area contributed by atoms with Crippen molar-refractivity contribution in [2.24, 2.45) is 0 Å². The predicted molar refractivity (Wildman–Crippen MR) is 86.5 cm³/mol. The lowest BCUT2D eigenvalue weighted by Gasteiger charge is -2.20. The molecule has 2 heterocycles. The van der Waals surface area contributed by atoms with Gasteiger partial charge in [-0.3, -0.25) is 0 Å². The number of hydrogen-bond acceptors (Lipinski definition) is 3. The Morgan fingerprint density at radius 2 is 1.90 bits per heavy atom. The number of rotatable bonds is 1. The smallest absolute Gasteiger partial charge is 0.160 e. The third-order valence-electron chi connectivity index (χ3n) is 3.39. The van der Waals surface area contributed by atoms with E-state index in [1.165, 1.54) is 6.07 Å². The second-order valence-corrected chi connectivity index (χ2v) is 7.22. The fourth-order valence-corrected chi connectivity index (χ4v) is 3.44. The van der Waals surface area contributed by atoms with E-state index in [4.69, 9.17) is 11.6 Å². The van der Waals surface area contributed by atoms with E-state index in [1.54, 1.807) is 17.4 Å². The third-order valence-corrected chi connectivity index (χ3v) is 4.59. The van der Waals surface area contributed by atoms with E-state index in [2.05, 4.69) is 10.2 Å². The van der Waals surface area contributed by atoms with Gasteiger partial charge in [0.25, 0.3) is 0 Å². The van der Waals surface area contributed by atoms with Crippen molar-refractivity contribution in [1.29, 1.82) is 0 Å². The standard InChI is InChI=1S/C16H14ClFN2S/c1-16(2,3)11-8-9(4-5-12(11)18)13-14-10(6-7-21-14)15(17)20-19-13/h4-8H,1-3H3. The maximum absolute atomic E-state index is 14.0. The van der Waals surface area contributed by atoms with E-state index >= 15 is 0 Å². The van der Waals surface area contributed by atoms with E-state index in [1.807, 2.05) is 38.3 Å². The first-order chi connectivity index (χ1) is 9.88. The molecule has 0 aliphatic heterocycles. The van der Waals surface area contributed by atoms with Gasteiger partial charge in [-0.2, -0.15) is 0 Å². The molecule has 2 nitrogen and oxygen atoms in total. The lowest BCUT2D eigenvalue weighted by molar-refractivity contribution is 0.523. The summed E-state index contributed by atoms with van der Waals surface area (Å²) < 4.78 is 15.0. The van der Waals surface area contributed by atoms with Crippen LogP contribution in [0.15, 0.2) is 29.6 Å². The summed E-state index contributed by atoms with van der Waals surface area (Å²) >= 11 is 7.62. The number of aromatic nitrogens is 2. The van der Waals surface area contributed by atoms with Crippen LogP contribution in [-0.2, 0) is 5.41 Å². The molecule has 0 saturated heterocycles. The molecular formula is C16H14ClFN2S. The van der Waals surface area contributed by atoms with Crippen molar-refractivity contribution in [3.8, 4) is 11.3 Å². The molecule has 3 rings (SSSR count). The van der Waals surface area contributed by atoms with Crippen molar-refractivity contribution in [2.75, 3.05) is 0 Å². The minimum Gasteiger partial charge on any atom is -0.207 e. The molecule has 108 valence electrons. The zero-order valence-corrected chi connectivity index (χ0v) is 13.5. The van der Waals surface area contributed by atoms with Gasteiger partial charge in [0.15, 0.2) is 5.15 Å². The zero-order chi connectivity index (χ0) is 15.2. The van der Waals surface area contributed by atoms with Crippen LogP contribution in [0.25, 0.3) is 21.3 Å². The molecule has 21 heavy (non-hydrogen) atoms. The topological polar surface area (TPSA) is 25.8 Å². The highest BCUT2D eigenvalue weighted by Gasteiger charge is 2.20. The first kappa shape index (κ1) is 14.4. The van der Waals surface area contributed by atoms with Crippen molar-refractivity contribution < 1.29 is 4.39 Å². The van der Waals surface area contributed by atoms with Crippen molar-refractivity contribution in [1.82, 2.24) is 10.2 Å². The summed E-state index contributed by atoms with van der Waals surface area (Å²) in [6.07, 6.45) is 0. The van der Waals surface area contributed by atoms with Crippen LogP contribution in [0.1, 0.15) is 26.3 Å². The number of fused-ring (bicyclic) bond motifs is 1. The Bertz CT molecular complexity index is 821. The maximum atomic E-state index is 14.0. The minimum atomic E-state index is -0.269. The van der Waals surface area contributed by atoms with Crippen LogP contribution in [0.2, 0.25) is 5.15 Å². The number of nitrogens with zero attached hydrogens (tertiary/aromatic N) is 2. The number of hydrogen-bond donors (Lipinski definition) is 0. The van der Waals surface area contributed by atoms with Gasteiger partial charge in [-0.15, -0.1) is 21.5 Å². The molecule has 0 aliphatic carbocycles. The van der Waals surface area contributed by atoms with Crippen LogP contribution in [0.5, 0.6) is 0 Å². The predicted octanol–water partition coefficient (Wildman–Crippen LogP) is 5.45.